The summed E-state index contributed by atoms with van der Waals surface area (Å²) in [7, 11) is 1.48. The molecule has 0 fully saturated rings. The van der Waals surface area contributed by atoms with E-state index >= 15 is 0 Å². The first kappa shape index (κ1) is 13.0. The van der Waals surface area contributed by atoms with Gasteiger partial charge in [0.25, 0.3) is 0 Å². The number of amides is 2. The van der Waals surface area contributed by atoms with Gasteiger partial charge < -0.3 is 19.9 Å². The molecule has 0 spiro atoms. The van der Waals surface area contributed by atoms with E-state index in [1.807, 2.05) is 0 Å². The number of carbonyl (C=O) groups excluding carboxylic acids is 1. The van der Waals surface area contributed by atoms with E-state index in [0.29, 0.717) is 33.6 Å². The summed E-state index contributed by atoms with van der Waals surface area (Å²) >= 11 is 0. The van der Waals surface area contributed by atoms with Gasteiger partial charge in [-0.1, -0.05) is 0 Å². The monoisotopic (exact) mass is 289 g/mol. The largest absolute Gasteiger partial charge is 0.494 e. The maximum atomic E-state index is 14.3. The third kappa shape index (κ3) is 2.18. The van der Waals surface area contributed by atoms with Crippen molar-refractivity contribution in [3.8, 4) is 16.9 Å². The van der Waals surface area contributed by atoms with Crippen molar-refractivity contribution in [2.75, 3.05) is 12.4 Å². The molecule has 0 aliphatic rings. The highest BCUT2D eigenvalue weighted by Crippen LogP contribution is 2.39. The smallest absolute Gasteiger partial charge is 0.317 e. The Morgan fingerprint density at radius 1 is 1.48 bits per heavy atom. The molecule has 0 aliphatic heterocycles. The van der Waals surface area contributed by atoms with Crippen LogP contribution in [-0.2, 0) is 0 Å². The van der Waals surface area contributed by atoms with Gasteiger partial charge in [0, 0.05) is 16.5 Å². The maximum absolute atomic E-state index is 14.3. The maximum Gasteiger partial charge on any atom is 0.317 e. The molecule has 1 aromatic carbocycles. The van der Waals surface area contributed by atoms with Gasteiger partial charge >= 0.3 is 6.03 Å². The highest BCUT2D eigenvalue weighted by atomic mass is 19.1. The van der Waals surface area contributed by atoms with E-state index < -0.39 is 11.8 Å². The number of benzene rings is 1. The standard InChI is InChI=1S/C14H12FN3O3/c1-20-13-8(7-2-3-21-6-7)4-10(15)9-5-11(17-12(9)13)18-14(16)19/h2-6,17H,1H3,(H3,16,18,19). The van der Waals surface area contributed by atoms with Gasteiger partial charge in [-0.25, -0.2) is 9.18 Å². The number of hydrogen-bond acceptors (Lipinski definition) is 3. The zero-order chi connectivity index (χ0) is 15.0. The molecule has 0 aliphatic carbocycles. The normalized spacial score (nSPS) is 10.8. The fraction of sp³-hybridized carbons (Fsp3) is 0.0714. The molecule has 0 bridgehead atoms. The van der Waals surface area contributed by atoms with E-state index in [4.69, 9.17) is 14.9 Å². The molecule has 0 atom stereocenters. The zero-order valence-corrected chi connectivity index (χ0v) is 11.1. The van der Waals surface area contributed by atoms with Gasteiger partial charge in [-0.15, -0.1) is 0 Å². The average Bonchev–Trinajstić information content (AvgIpc) is 3.06. The Bertz CT molecular complexity index is 809. The minimum absolute atomic E-state index is 0.291. The number of methoxy groups -OCH3 is 1. The molecule has 7 heteroatoms. The van der Waals surface area contributed by atoms with E-state index in [2.05, 4.69) is 10.3 Å². The summed E-state index contributed by atoms with van der Waals surface area (Å²) in [5.41, 5.74) is 6.71. The summed E-state index contributed by atoms with van der Waals surface area (Å²) < 4.78 is 24.6. The molecule has 0 unspecified atom stereocenters. The highest BCUT2D eigenvalue weighted by molar-refractivity contribution is 5.98. The number of primary amides is 1. The lowest BCUT2D eigenvalue weighted by atomic mass is 10.1. The number of hydrogen-bond donors (Lipinski definition) is 3. The Balaban J connectivity index is 2.25. The molecular weight excluding hydrogens is 277 g/mol. The van der Waals surface area contributed by atoms with Crippen LogP contribution in [0.15, 0.2) is 35.1 Å². The number of anilines is 1. The molecule has 0 saturated carbocycles. The SMILES string of the molecule is COc1c(-c2ccoc2)cc(F)c2cc(NC(N)=O)[nH]c12. The van der Waals surface area contributed by atoms with Crippen LogP contribution in [0.25, 0.3) is 22.0 Å². The summed E-state index contributed by atoms with van der Waals surface area (Å²) in [4.78, 5) is 13.8. The van der Waals surface area contributed by atoms with Crippen LogP contribution in [0.5, 0.6) is 5.75 Å². The van der Waals surface area contributed by atoms with Crippen LogP contribution in [0.4, 0.5) is 15.0 Å². The summed E-state index contributed by atoms with van der Waals surface area (Å²) in [6.45, 7) is 0. The number of carbonyl (C=O) groups is 1. The summed E-state index contributed by atoms with van der Waals surface area (Å²) in [5.74, 6) is 0.292. The van der Waals surface area contributed by atoms with Crippen LogP contribution in [0.2, 0.25) is 0 Å². The predicted octanol–water partition coefficient (Wildman–Crippen LogP) is 3.07. The third-order valence-corrected chi connectivity index (χ3v) is 3.11. The van der Waals surface area contributed by atoms with Crippen molar-refractivity contribution in [3.63, 3.8) is 0 Å². The third-order valence-electron chi connectivity index (χ3n) is 3.11. The fourth-order valence-corrected chi connectivity index (χ4v) is 2.27. The number of halogens is 1. The number of nitrogens with one attached hydrogen (secondary N) is 2. The highest BCUT2D eigenvalue weighted by Gasteiger charge is 2.18. The topological polar surface area (TPSA) is 93.3 Å². The van der Waals surface area contributed by atoms with E-state index in [0.717, 1.165) is 0 Å². The minimum atomic E-state index is -0.740. The average molecular weight is 289 g/mol. The fourth-order valence-electron chi connectivity index (χ4n) is 2.27. The van der Waals surface area contributed by atoms with Gasteiger partial charge in [-0.3, -0.25) is 5.32 Å². The number of rotatable bonds is 3. The second-order valence-electron chi connectivity index (χ2n) is 4.41. The zero-order valence-electron chi connectivity index (χ0n) is 11.1. The molecule has 0 saturated heterocycles. The van der Waals surface area contributed by atoms with Crippen LogP contribution < -0.4 is 15.8 Å². The first-order valence-corrected chi connectivity index (χ1v) is 6.08. The molecule has 2 amide bonds. The lowest BCUT2D eigenvalue weighted by Crippen LogP contribution is -2.19. The van der Waals surface area contributed by atoms with Gasteiger partial charge in [0.05, 0.1) is 25.2 Å². The van der Waals surface area contributed by atoms with Crippen LogP contribution in [0.3, 0.4) is 0 Å². The molecule has 4 N–H and O–H groups in total. The van der Waals surface area contributed by atoms with Gasteiger partial charge in [0.1, 0.15) is 11.6 Å². The predicted molar refractivity (Wildman–Crippen MR) is 75.7 cm³/mol. The Morgan fingerprint density at radius 2 is 2.29 bits per heavy atom. The quantitative estimate of drug-likeness (QED) is 0.691. The van der Waals surface area contributed by atoms with Crippen molar-refractivity contribution < 1.29 is 18.3 Å². The number of H-pyrrole nitrogens is 1. The summed E-state index contributed by atoms with van der Waals surface area (Å²) in [5, 5.41) is 2.66. The second kappa shape index (κ2) is 4.86. The van der Waals surface area contributed by atoms with Gasteiger partial charge in [0.2, 0.25) is 0 Å². The van der Waals surface area contributed by atoms with Gasteiger partial charge in [0.15, 0.2) is 5.75 Å². The van der Waals surface area contributed by atoms with Crippen molar-refractivity contribution in [1.29, 1.82) is 0 Å². The Hall–Kier alpha value is -2.96. The number of furan rings is 1. The number of ether oxygens (including phenoxy) is 1. The lowest BCUT2D eigenvalue weighted by molar-refractivity contribution is 0.259. The van der Waals surface area contributed by atoms with E-state index in [1.165, 1.54) is 31.8 Å². The van der Waals surface area contributed by atoms with Crippen LogP contribution in [-0.4, -0.2) is 18.1 Å². The molecule has 3 aromatic rings. The van der Waals surface area contributed by atoms with Gasteiger partial charge in [-0.05, 0) is 18.2 Å². The van der Waals surface area contributed by atoms with Crippen LogP contribution >= 0.6 is 0 Å². The van der Waals surface area contributed by atoms with E-state index in [1.54, 1.807) is 6.07 Å². The molecule has 2 aromatic heterocycles. The van der Waals surface area contributed by atoms with Gasteiger partial charge in [-0.2, -0.15) is 0 Å². The van der Waals surface area contributed by atoms with Crippen molar-refractivity contribution in [2.45, 2.75) is 0 Å². The molecule has 108 valence electrons. The minimum Gasteiger partial charge on any atom is -0.494 e. The van der Waals surface area contributed by atoms with Crippen molar-refractivity contribution in [3.05, 3.63) is 36.5 Å². The first-order chi connectivity index (χ1) is 10.1. The number of aromatic nitrogens is 1. The molecule has 21 heavy (non-hydrogen) atoms. The van der Waals surface area contributed by atoms with E-state index in [-0.39, 0.29) is 0 Å². The molecule has 2 heterocycles. The summed E-state index contributed by atoms with van der Waals surface area (Å²) in [6, 6.07) is 3.77. The van der Waals surface area contributed by atoms with Crippen molar-refractivity contribution >= 4 is 22.8 Å². The lowest BCUT2D eigenvalue weighted by Gasteiger charge is -2.09. The Kier molecular flexibility index (Phi) is 3.02. The van der Waals surface area contributed by atoms with E-state index in [9.17, 15) is 9.18 Å². The molecule has 6 nitrogen and oxygen atoms in total. The van der Waals surface area contributed by atoms with Crippen molar-refractivity contribution in [2.24, 2.45) is 5.73 Å². The molecular formula is C14H12FN3O3. The number of aromatic amines is 1. The molecule has 0 radical (unpaired) electrons. The Labute approximate surface area is 118 Å². The van der Waals surface area contributed by atoms with Crippen LogP contribution in [0, 0.1) is 5.82 Å². The van der Waals surface area contributed by atoms with Crippen molar-refractivity contribution in [1.82, 2.24) is 4.98 Å². The number of urea groups is 1. The number of fused-ring (bicyclic) bond motifs is 1. The second-order valence-corrected chi connectivity index (χ2v) is 4.41. The first-order valence-electron chi connectivity index (χ1n) is 6.08. The number of nitrogens with two attached hydrogens (primary N) is 1. The molecule has 3 rings (SSSR count). The Morgan fingerprint density at radius 3 is 2.90 bits per heavy atom. The summed E-state index contributed by atoms with van der Waals surface area (Å²) in [6.07, 6.45) is 2.99. The van der Waals surface area contributed by atoms with Crippen LogP contribution in [0.1, 0.15) is 0 Å².